The number of aliphatic hydroxyl groups excluding tert-OH is 1. The molecule has 0 saturated carbocycles. The van der Waals surface area contributed by atoms with Gasteiger partial charge in [-0.1, -0.05) is 6.07 Å². The lowest BCUT2D eigenvalue weighted by molar-refractivity contribution is -0.138. The van der Waals surface area contributed by atoms with Crippen LogP contribution in [0, 0.1) is 0 Å². The number of carboxylic acid groups (broad SMARTS) is 1. The van der Waals surface area contributed by atoms with Crippen LogP contribution in [0.15, 0.2) is 18.2 Å². The summed E-state index contributed by atoms with van der Waals surface area (Å²) in [6.07, 6.45) is 0.186. The van der Waals surface area contributed by atoms with Crippen molar-refractivity contribution in [1.29, 1.82) is 0 Å². The molecule has 0 fully saturated rings. The van der Waals surface area contributed by atoms with Gasteiger partial charge in [0.1, 0.15) is 6.04 Å². The van der Waals surface area contributed by atoms with Gasteiger partial charge in [0.25, 0.3) is 0 Å². The number of anilines is 1. The first-order valence-electron chi connectivity index (χ1n) is 4.51. The Morgan fingerprint density at radius 1 is 1.40 bits per heavy atom. The predicted octanol–water partition coefficient (Wildman–Crippen LogP) is -0.284. The van der Waals surface area contributed by atoms with Crippen molar-refractivity contribution in [3.05, 3.63) is 29.3 Å². The molecule has 82 valence electrons. The second-order valence-corrected chi connectivity index (χ2v) is 3.34. The van der Waals surface area contributed by atoms with Gasteiger partial charge in [-0.05, 0) is 29.7 Å². The zero-order chi connectivity index (χ0) is 11.4. The van der Waals surface area contributed by atoms with Gasteiger partial charge in [0.2, 0.25) is 0 Å². The second kappa shape index (κ2) is 4.77. The van der Waals surface area contributed by atoms with Crippen LogP contribution < -0.4 is 11.5 Å². The van der Waals surface area contributed by atoms with Crippen LogP contribution in [0.25, 0.3) is 0 Å². The van der Waals surface area contributed by atoms with Gasteiger partial charge in [0, 0.05) is 5.69 Å². The van der Waals surface area contributed by atoms with Crippen molar-refractivity contribution in [3.63, 3.8) is 0 Å². The number of aliphatic carboxylic acids is 1. The summed E-state index contributed by atoms with van der Waals surface area (Å²) >= 11 is 0. The van der Waals surface area contributed by atoms with E-state index in [1.54, 1.807) is 18.2 Å². The van der Waals surface area contributed by atoms with Crippen LogP contribution in [-0.4, -0.2) is 22.2 Å². The molecule has 1 atom stereocenters. The van der Waals surface area contributed by atoms with E-state index in [0.717, 1.165) is 0 Å². The topological polar surface area (TPSA) is 110 Å². The first-order valence-corrected chi connectivity index (χ1v) is 4.51. The highest BCUT2D eigenvalue weighted by atomic mass is 16.4. The summed E-state index contributed by atoms with van der Waals surface area (Å²) in [4.78, 5) is 10.6. The molecule has 5 nitrogen and oxygen atoms in total. The number of rotatable bonds is 4. The fourth-order valence-electron chi connectivity index (χ4n) is 1.32. The van der Waals surface area contributed by atoms with E-state index in [-0.39, 0.29) is 13.0 Å². The molecular weight excluding hydrogens is 196 g/mol. The van der Waals surface area contributed by atoms with Crippen LogP contribution in [0.1, 0.15) is 11.1 Å². The first kappa shape index (κ1) is 11.5. The predicted molar refractivity (Wildman–Crippen MR) is 56.1 cm³/mol. The molecule has 0 saturated heterocycles. The number of carboxylic acids is 1. The molecule has 1 aromatic rings. The van der Waals surface area contributed by atoms with E-state index in [9.17, 15) is 4.79 Å². The smallest absolute Gasteiger partial charge is 0.320 e. The second-order valence-electron chi connectivity index (χ2n) is 3.34. The molecule has 0 bridgehead atoms. The van der Waals surface area contributed by atoms with Gasteiger partial charge < -0.3 is 21.7 Å². The lowest BCUT2D eigenvalue weighted by atomic mass is 10.0. The van der Waals surface area contributed by atoms with Crippen molar-refractivity contribution in [3.8, 4) is 0 Å². The molecule has 0 heterocycles. The van der Waals surface area contributed by atoms with E-state index in [1.807, 2.05) is 0 Å². The third-order valence-corrected chi connectivity index (χ3v) is 2.16. The number of nitrogen functional groups attached to an aromatic ring is 1. The van der Waals surface area contributed by atoms with E-state index in [0.29, 0.717) is 16.8 Å². The molecule has 0 aliphatic carbocycles. The van der Waals surface area contributed by atoms with E-state index < -0.39 is 12.0 Å². The van der Waals surface area contributed by atoms with E-state index in [2.05, 4.69) is 0 Å². The molecule has 1 rings (SSSR count). The average molecular weight is 210 g/mol. The maximum Gasteiger partial charge on any atom is 0.320 e. The molecule has 1 aromatic carbocycles. The Labute approximate surface area is 87.3 Å². The maximum atomic E-state index is 10.6. The molecule has 0 spiro atoms. The number of nitrogens with two attached hydrogens (primary N) is 2. The first-order chi connectivity index (χ1) is 7.04. The van der Waals surface area contributed by atoms with Crippen molar-refractivity contribution in [1.82, 2.24) is 0 Å². The zero-order valence-corrected chi connectivity index (χ0v) is 8.18. The van der Waals surface area contributed by atoms with Gasteiger partial charge in [-0.2, -0.15) is 0 Å². The molecule has 0 aromatic heterocycles. The van der Waals surface area contributed by atoms with Gasteiger partial charge >= 0.3 is 5.97 Å². The summed E-state index contributed by atoms with van der Waals surface area (Å²) in [7, 11) is 0. The lowest BCUT2D eigenvalue weighted by Gasteiger charge is -2.10. The van der Waals surface area contributed by atoms with Gasteiger partial charge in [-0.3, -0.25) is 4.79 Å². The summed E-state index contributed by atoms with van der Waals surface area (Å²) < 4.78 is 0. The molecule has 0 aliphatic heterocycles. The van der Waals surface area contributed by atoms with Crippen LogP contribution in [0.3, 0.4) is 0 Å². The largest absolute Gasteiger partial charge is 0.480 e. The Morgan fingerprint density at radius 2 is 2.07 bits per heavy atom. The van der Waals surface area contributed by atoms with Crippen molar-refractivity contribution < 1.29 is 15.0 Å². The maximum absolute atomic E-state index is 10.6. The van der Waals surface area contributed by atoms with Crippen LogP contribution in [0.4, 0.5) is 5.69 Å². The Bertz CT molecular complexity index is 366. The summed E-state index contributed by atoms with van der Waals surface area (Å²) in [5, 5.41) is 17.7. The Balaban J connectivity index is 2.89. The minimum Gasteiger partial charge on any atom is -0.480 e. The summed E-state index contributed by atoms with van der Waals surface area (Å²) in [6, 6.07) is 4.00. The molecular formula is C10H14N2O3. The third kappa shape index (κ3) is 2.93. The number of benzene rings is 1. The quantitative estimate of drug-likeness (QED) is 0.511. The Hall–Kier alpha value is -1.59. The molecule has 0 radical (unpaired) electrons. The van der Waals surface area contributed by atoms with E-state index >= 15 is 0 Å². The summed E-state index contributed by atoms with van der Waals surface area (Å²) in [5.74, 6) is -1.06. The fourth-order valence-corrected chi connectivity index (χ4v) is 1.32. The van der Waals surface area contributed by atoms with Crippen molar-refractivity contribution in [2.45, 2.75) is 19.1 Å². The Morgan fingerprint density at radius 3 is 2.60 bits per heavy atom. The van der Waals surface area contributed by atoms with Gasteiger partial charge in [-0.25, -0.2) is 0 Å². The standard InChI is InChI=1S/C10H14N2O3/c11-8-2-1-6(7(3-8)5-13)4-9(12)10(14)15/h1-3,9,13H,4-5,11-12H2,(H,14,15)/t9-/m0/s1. The fraction of sp³-hybridized carbons (Fsp3) is 0.300. The molecule has 15 heavy (non-hydrogen) atoms. The Kier molecular flexibility index (Phi) is 3.65. The normalized spacial score (nSPS) is 12.4. The van der Waals surface area contributed by atoms with Crippen molar-refractivity contribution in [2.24, 2.45) is 5.73 Å². The number of carbonyl (C=O) groups is 1. The highest BCUT2D eigenvalue weighted by Gasteiger charge is 2.14. The van der Waals surface area contributed by atoms with Crippen LogP contribution in [-0.2, 0) is 17.8 Å². The van der Waals surface area contributed by atoms with E-state index in [1.165, 1.54) is 0 Å². The minimum absolute atomic E-state index is 0.174. The van der Waals surface area contributed by atoms with Crippen molar-refractivity contribution >= 4 is 11.7 Å². The molecule has 0 aliphatic rings. The number of aliphatic hydroxyl groups is 1. The van der Waals surface area contributed by atoms with Crippen LogP contribution in [0.2, 0.25) is 0 Å². The zero-order valence-electron chi connectivity index (χ0n) is 8.18. The molecule has 0 amide bonds. The van der Waals surface area contributed by atoms with Crippen molar-refractivity contribution in [2.75, 3.05) is 5.73 Å². The number of hydrogen-bond acceptors (Lipinski definition) is 4. The van der Waals surface area contributed by atoms with Crippen LogP contribution >= 0.6 is 0 Å². The SMILES string of the molecule is Nc1ccc(C[C@H](N)C(=O)O)c(CO)c1. The molecule has 5 heteroatoms. The summed E-state index contributed by atoms with van der Waals surface area (Å²) in [5.41, 5.74) is 12.8. The van der Waals surface area contributed by atoms with Gasteiger partial charge in [0.15, 0.2) is 0 Å². The lowest BCUT2D eigenvalue weighted by Crippen LogP contribution is -2.32. The highest BCUT2D eigenvalue weighted by molar-refractivity contribution is 5.73. The average Bonchev–Trinajstić information content (AvgIpc) is 2.20. The monoisotopic (exact) mass is 210 g/mol. The summed E-state index contributed by atoms with van der Waals surface area (Å²) in [6.45, 7) is -0.174. The minimum atomic E-state index is -1.06. The number of hydrogen-bond donors (Lipinski definition) is 4. The van der Waals surface area contributed by atoms with Crippen LogP contribution in [0.5, 0.6) is 0 Å². The van der Waals surface area contributed by atoms with Gasteiger partial charge in [0.05, 0.1) is 6.61 Å². The third-order valence-electron chi connectivity index (χ3n) is 2.16. The molecule has 0 unspecified atom stereocenters. The molecule has 6 N–H and O–H groups in total. The van der Waals surface area contributed by atoms with Gasteiger partial charge in [-0.15, -0.1) is 0 Å². The highest BCUT2D eigenvalue weighted by Crippen LogP contribution is 2.15. The van der Waals surface area contributed by atoms with E-state index in [4.69, 9.17) is 21.7 Å².